The molecule has 0 bridgehead atoms. The second kappa shape index (κ2) is 9.65. The SMILES string of the molecule is CCCc1ccc(-c2ccc(COc3cc(F)c(C#CC(F)(F)F)c(F)c3)cc2)cc1. The summed E-state index contributed by atoms with van der Waals surface area (Å²) in [6.45, 7) is 2.18. The Balaban J connectivity index is 1.66. The van der Waals surface area contributed by atoms with Gasteiger partial charge in [0, 0.05) is 18.1 Å². The number of benzene rings is 3. The van der Waals surface area contributed by atoms with Crippen LogP contribution < -0.4 is 4.74 Å². The predicted molar refractivity (Wildman–Crippen MR) is 109 cm³/mol. The largest absolute Gasteiger partial charge is 0.489 e. The van der Waals surface area contributed by atoms with Crippen LogP contribution in [-0.2, 0) is 13.0 Å². The van der Waals surface area contributed by atoms with Crippen LogP contribution in [0.4, 0.5) is 22.0 Å². The summed E-state index contributed by atoms with van der Waals surface area (Å²) in [6.07, 6.45) is -2.71. The van der Waals surface area contributed by atoms with Crippen LogP contribution in [0.2, 0.25) is 0 Å². The highest BCUT2D eigenvalue weighted by atomic mass is 19.4. The molecule has 6 heteroatoms. The number of halogens is 5. The van der Waals surface area contributed by atoms with Crippen LogP contribution in [0.15, 0.2) is 60.7 Å². The van der Waals surface area contributed by atoms with E-state index < -0.39 is 23.4 Å². The second-order valence-corrected chi connectivity index (χ2v) is 6.94. The number of rotatable bonds is 6. The van der Waals surface area contributed by atoms with Crippen molar-refractivity contribution >= 4 is 0 Å². The van der Waals surface area contributed by atoms with Crippen molar-refractivity contribution in [1.29, 1.82) is 0 Å². The van der Waals surface area contributed by atoms with Crippen molar-refractivity contribution in [2.75, 3.05) is 0 Å². The minimum atomic E-state index is -4.84. The Hall–Kier alpha value is -3.33. The lowest BCUT2D eigenvalue weighted by atomic mass is 10.0. The maximum absolute atomic E-state index is 13.9. The summed E-state index contributed by atoms with van der Waals surface area (Å²) in [4.78, 5) is 0. The third-order valence-electron chi connectivity index (χ3n) is 4.53. The summed E-state index contributed by atoms with van der Waals surface area (Å²) < 4.78 is 69.7. The molecule has 0 N–H and O–H groups in total. The molecule has 1 nitrogen and oxygen atoms in total. The molecule has 31 heavy (non-hydrogen) atoms. The molecule has 0 spiro atoms. The summed E-state index contributed by atoms with van der Waals surface area (Å²) in [5, 5.41) is 0. The van der Waals surface area contributed by atoms with Crippen molar-refractivity contribution < 1.29 is 26.7 Å². The third kappa shape index (κ3) is 6.32. The molecule has 0 fully saturated rings. The van der Waals surface area contributed by atoms with Crippen molar-refractivity contribution in [2.45, 2.75) is 32.5 Å². The molecule has 0 saturated heterocycles. The van der Waals surface area contributed by atoms with Gasteiger partial charge in [-0.1, -0.05) is 67.8 Å². The standard InChI is InChI=1S/C25H19F5O/c1-2-3-17-4-8-19(9-5-17)20-10-6-18(7-11-20)16-31-21-14-23(26)22(24(27)15-21)12-13-25(28,29)30/h4-11,14-15H,2-3,16H2,1H3. The fourth-order valence-electron chi connectivity index (χ4n) is 3.00. The molecule has 0 radical (unpaired) electrons. The van der Waals surface area contributed by atoms with E-state index in [-0.39, 0.29) is 12.4 Å². The van der Waals surface area contributed by atoms with Crippen molar-refractivity contribution in [3.63, 3.8) is 0 Å². The molecule has 0 aliphatic carbocycles. The minimum absolute atomic E-state index is 0.0438. The Morgan fingerprint density at radius 2 is 1.32 bits per heavy atom. The van der Waals surface area contributed by atoms with E-state index in [0.29, 0.717) is 0 Å². The Kier molecular flexibility index (Phi) is 6.96. The van der Waals surface area contributed by atoms with E-state index in [1.807, 2.05) is 24.3 Å². The summed E-state index contributed by atoms with van der Waals surface area (Å²) >= 11 is 0. The molecular weight excluding hydrogens is 411 g/mol. The number of ether oxygens (including phenoxy) is 1. The van der Waals surface area contributed by atoms with Crippen LogP contribution in [0.3, 0.4) is 0 Å². The van der Waals surface area contributed by atoms with Gasteiger partial charge in [0.2, 0.25) is 0 Å². The van der Waals surface area contributed by atoms with E-state index in [2.05, 4.69) is 31.2 Å². The van der Waals surface area contributed by atoms with Crippen LogP contribution in [0.1, 0.15) is 30.0 Å². The molecule has 3 aromatic rings. The number of alkyl halides is 3. The van der Waals surface area contributed by atoms with E-state index in [0.717, 1.165) is 47.6 Å². The summed E-state index contributed by atoms with van der Waals surface area (Å²) in [5.41, 5.74) is 3.21. The molecule has 3 rings (SSSR count). The predicted octanol–water partition coefficient (Wildman–Crippen LogP) is 7.08. The highest BCUT2D eigenvalue weighted by molar-refractivity contribution is 5.64. The van der Waals surface area contributed by atoms with E-state index >= 15 is 0 Å². The molecule has 3 aromatic carbocycles. The molecule has 0 atom stereocenters. The number of hydrogen-bond donors (Lipinski definition) is 0. The van der Waals surface area contributed by atoms with Crippen LogP contribution in [-0.4, -0.2) is 6.18 Å². The molecule has 0 saturated carbocycles. The first-order chi connectivity index (χ1) is 14.7. The molecule has 0 aliphatic rings. The van der Waals surface area contributed by atoms with E-state index in [9.17, 15) is 22.0 Å². The van der Waals surface area contributed by atoms with Crippen LogP contribution >= 0.6 is 0 Å². The van der Waals surface area contributed by atoms with Gasteiger partial charge in [-0.2, -0.15) is 13.2 Å². The van der Waals surface area contributed by atoms with E-state index in [4.69, 9.17) is 4.74 Å². The molecular formula is C25H19F5O. The van der Waals surface area contributed by atoms with Gasteiger partial charge in [-0.25, -0.2) is 8.78 Å². The first-order valence-electron chi connectivity index (χ1n) is 9.65. The van der Waals surface area contributed by atoms with Gasteiger partial charge in [-0.05, 0) is 28.7 Å². The highest BCUT2D eigenvalue weighted by Crippen LogP contribution is 2.24. The first kappa shape index (κ1) is 22.4. The maximum Gasteiger partial charge on any atom is 0.458 e. The van der Waals surface area contributed by atoms with Gasteiger partial charge in [-0.3, -0.25) is 0 Å². The zero-order valence-electron chi connectivity index (χ0n) is 16.7. The van der Waals surface area contributed by atoms with Crippen LogP contribution in [0.25, 0.3) is 11.1 Å². The zero-order valence-corrected chi connectivity index (χ0v) is 16.7. The van der Waals surface area contributed by atoms with Gasteiger partial charge >= 0.3 is 6.18 Å². The van der Waals surface area contributed by atoms with Crippen molar-refractivity contribution in [3.8, 4) is 28.7 Å². The lowest BCUT2D eigenvalue weighted by molar-refractivity contribution is -0.0696. The molecule has 0 unspecified atom stereocenters. The van der Waals surface area contributed by atoms with Gasteiger partial charge in [0.25, 0.3) is 0 Å². The Morgan fingerprint density at radius 3 is 1.81 bits per heavy atom. The van der Waals surface area contributed by atoms with Gasteiger partial charge in [-0.15, -0.1) is 0 Å². The smallest absolute Gasteiger partial charge is 0.458 e. The maximum atomic E-state index is 13.9. The number of hydrogen-bond acceptors (Lipinski definition) is 1. The van der Waals surface area contributed by atoms with Gasteiger partial charge in [0.05, 0.1) is 5.56 Å². The highest BCUT2D eigenvalue weighted by Gasteiger charge is 2.23. The number of aryl methyl sites for hydroxylation is 1. The lowest BCUT2D eigenvalue weighted by Crippen LogP contribution is -2.03. The Bertz CT molecular complexity index is 1060. The third-order valence-corrected chi connectivity index (χ3v) is 4.53. The molecule has 160 valence electrons. The average molecular weight is 430 g/mol. The minimum Gasteiger partial charge on any atom is -0.489 e. The van der Waals surface area contributed by atoms with E-state index in [1.54, 1.807) is 0 Å². The molecule has 0 amide bonds. The first-order valence-corrected chi connectivity index (χ1v) is 9.65. The molecule has 0 heterocycles. The molecule has 0 aliphatic heterocycles. The topological polar surface area (TPSA) is 9.23 Å². The normalized spacial score (nSPS) is 11.0. The summed E-state index contributed by atoms with van der Waals surface area (Å²) in [7, 11) is 0. The lowest BCUT2D eigenvalue weighted by Gasteiger charge is -2.09. The van der Waals surface area contributed by atoms with Gasteiger partial charge in [0.1, 0.15) is 24.0 Å². The van der Waals surface area contributed by atoms with Crippen molar-refractivity contribution in [2.24, 2.45) is 0 Å². The van der Waals surface area contributed by atoms with Crippen molar-refractivity contribution in [3.05, 3.63) is 89.0 Å². The average Bonchev–Trinajstić information content (AvgIpc) is 2.72. The van der Waals surface area contributed by atoms with E-state index in [1.165, 1.54) is 11.5 Å². The van der Waals surface area contributed by atoms with Gasteiger partial charge < -0.3 is 4.74 Å². The molecule has 0 aromatic heterocycles. The Labute approximate surface area is 177 Å². The second-order valence-electron chi connectivity index (χ2n) is 6.94. The summed E-state index contributed by atoms with van der Waals surface area (Å²) in [6, 6.07) is 17.5. The fourth-order valence-corrected chi connectivity index (χ4v) is 3.00. The van der Waals surface area contributed by atoms with Crippen molar-refractivity contribution in [1.82, 2.24) is 0 Å². The van der Waals surface area contributed by atoms with Gasteiger partial charge in [0.15, 0.2) is 0 Å². The van der Waals surface area contributed by atoms with Crippen LogP contribution in [0, 0.1) is 23.5 Å². The fraction of sp³-hybridized carbons (Fsp3) is 0.200. The zero-order chi connectivity index (χ0) is 22.4. The monoisotopic (exact) mass is 430 g/mol. The summed E-state index contributed by atoms with van der Waals surface area (Å²) in [5.74, 6) is -0.236. The Morgan fingerprint density at radius 1 is 0.806 bits per heavy atom. The quantitative estimate of drug-likeness (QED) is 0.300. The van der Waals surface area contributed by atoms with Crippen LogP contribution in [0.5, 0.6) is 5.75 Å².